The second-order valence-corrected chi connectivity index (χ2v) is 10.7. The molecule has 7 nitrogen and oxygen atoms in total. The van der Waals surface area contributed by atoms with E-state index in [1.54, 1.807) is 48.5 Å². The summed E-state index contributed by atoms with van der Waals surface area (Å²) in [7, 11) is 1.49. The lowest BCUT2D eigenvalue weighted by Crippen LogP contribution is -2.27. The van der Waals surface area contributed by atoms with Crippen molar-refractivity contribution in [1.29, 1.82) is 0 Å². The molecule has 0 saturated carbocycles. The van der Waals surface area contributed by atoms with Crippen molar-refractivity contribution < 1.29 is 23.9 Å². The predicted octanol–water partition coefficient (Wildman–Crippen LogP) is 6.52. The lowest BCUT2D eigenvalue weighted by atomic mass is 10.1. The van der Waals surface area contributed by atoms with Gasteiger partial charge in [-0.1, -0.05) is 35.9 Å². The summed E-state index contributed by atoms with van der Waals surface area (Å²) in [6.45, 7) is 1.90. The van der Waals surface area contributed by atoms with E-state index in [0.717, 1.165) is 22.9 Å². The van der Waals surface area contributed by atoms with Crippen LogP contribution in [0.25, 0.3) is 6.08 Å². The number of rotatable bonds is 8. The average molecular weight is 649 g/mol. The number of ether oxygens (including phenoxy) is 2. The Morgan fingerprint density at radius 1 is 1.14 bits per heavy atom. The van der Waals surface area contributed by atoms with Crippen LogP contribution in [0, 0.1) is 10.5 Å². The van der Waals surface area contributed by atoms with Crippen molar-refractivity contribution in [2.24, 2.45) is 0 Å². The fourth-order valence-electron chi connectivity index (χ4n) is 3.58. The molecule has 0 aromatic heterocycles. The Labute approximate surface area is 237 Å². The number of benzene rings is 3. The third-order valence-corrected chi connectivity index (χ3v) is 7.29. The summed E-state index contributed by atoms with van der Waals surface area (Å²) >= 11 is 8.89. The van der Waals surface area contributed by atoms with Crippen LogP contribution in [0.5, 0.6) is 11.5 Å². The van der Waals surface area contributed by atoms with Gasteiger partial charge in [-0.15, -0.1) is 0 Å². The van der Waals surface area contributed by atoms with E-state index in [4.69, 9.17) is 21.1 Å². The van der Waals surface area contributed by atoms with Gasteiger partial charge in [-0.3, -0.25) is 19.3 Å². The Kier molecular flexibility index (Phi) is 8.78. The Morgan fingerprint density at radius 2 is 1.89 bits per heavy atom. The number of carbonyl (C=O) groups is 3. The summed E-state index contributed by atoms with van der Waals surface area (Å²) in [5.41, 5.74) is 3.19. The van der Waals surface area contributed by atoms with Crippen LogP contribution < -0.4 is 14.8 Å². The number of nitrogens with one attached hydrogen (secondary N) is 1. The maximum atomic E-state index is 12.9. The second-order valence-electron chi connectivity index (χ2n) is 8.13. The third-order valence-electron chi connectivity index (χ3n) is 5.33. The molecule has 0 atom stereocenters. The summed E-state index contributed by atoms with van der Waals surface area (Å²) in [6, 6.07) is 18.0. The van der Waals surface area contributed by atoms with E-state index in [-0.39, 0.29) is 30.2 Å². The van der Waals surface area contributed by atoms with Crippen LogP contribution in [0.2, 0.25) is 5.02 Å². The molecular formula is C27H22ClIN2O5S. The molecule has 0 aliphatic carbocycles. The van der Waals surface area contributed by atoms with E-state index >= 15 is 0 Å². The van der Waals surface area contributed by atoms with E-state index in [2.05, 4.69) is 27.9 Å². The highest BCUT2D eigenvalue weighted by Crippen LogP contribution is 2.37. The average Bonchev–Trinajstić information content (AvgIpc) is 3.11. The molecular weight excluding hydrogens is 627 g/mol. The standard InChI is InChI=1S/C27H22ClIN2O5S/c1-16-4-3-5-20(10-16)30-24(32)15-36-25-21(29)11-18(12-22(25)35-2)13-23-26(33)31(27(34)37-23)14-17-6-8-19(28)9-7-17/h3-13H,14-15H2,1-2H3,(H,30,32)/b23-13-. The molecule has 1 heterocycles. The minimum Gasteiger partial charge on any atom is -0.493 e. The number of amides is 3. The number of hydrogen-bond donors (Lipinski definition) is 1. The van der Waals surface area contributed by atoms with E-state index < -0.39 is 0 Å². The number of anilines is 1. The molecule has 4 rings (SSSR count). The summed E-state index contributed by atoms with van der Waals surface area (Å²) in [4.78, 5) is 39.3. The maximum Gasteiger partial charge on any atom is 0.293 e. The van der Waals surface area contributed by atoms with Crippen LogP contribution in [0.1, 0.15) is 16.7 Å². The largest absolute Gasteiger partial charge is 0.493 e. The molecule has 3 aromatic rings. The summed E-state index contributed by atoms with van der Waals surface area (Å²) < 4.78 is 11.9. The number of carbonyl (C=O) groups excluding carboxylic acids is 3. The third kappa shape index (κ3) is 6.85. The van der Waals surface area contributed by atoms with Gasteiger partial charge in [0.15, 0.2) is 18.1 Å². The highest BCUT2D eigenvalue weighted by atomic mass is 127. The number of thioether (sulfide) groups is 1. The van der Waals surface area contributed by atoms with Crippen LogP contribution in [0.4, 0.5) is 10.5 Å². The van der Waals surface area contributed by atoms with Crippen LogP contribution >= 0.6 is 46.0 Å². The van der Waals surface area contributed by atoms with E-state index in [9.17, 15) is 14.4 Å². The van der Waals surface area contributed by atoms with Crippen LogP contribution in [-0.2, 0) is 16.1 Å². The molecule has 1 N–H and O–H groups in total. The molecule has 3 amide bonds. The van der Waals surface area contributed by atoms with Gasteiger partial charge in [-0.05, 0) is 100 Å². The van der Waals surface area contributed by atoms with Crippen molar-refractivity contribution in [3.63, 3.8) is 0 Å². The monoisotopic (exact) mass is 648 g/mol. The van der Waals surface area contributed by atoms with Gasteiger partial charge in [0.1, 0.15) is 0 Å². The molecule has 1 saturated heterocycles. The van der Waals surface area contributed by atoms with Crippen molar-refractivity contribution >= 4 is 74.8 Å². The SMILES string of the molecule is COc1cc(/C=C2\SC(=O)N(Cc3ccc(Cl)cc3)C2=O)cc(I)c1OCC(=O)Nc1cccc(C)c1. The molecule has 1 aliphatic rings. The van der Waals surface area contributed by atoms with Crippen molar-refractivity contribution in [3.05, 3.63) is 90.9 Å². The lowest BCUT2D eigenvalue weighted by molar-refractivity contribution is -0.123. The van der Waals surface area contributed by atoms with Gasteiger partial charge < -0.3 is 14.8 Å². The van der Waals surface area contributed by atoms with Crippen molar-refractivity contribution in [1.82, 2.24) is 4.90 Å². The van der Waals surface area contributed by atoms with Gasteiger partial charge in [0.05, 0.1) is 22.1 Å². The molecule has 10 heteroatoms. The van der Waals surface area contributed by atoms with Gasteiger partial charge in [0.25, 0.3) is 17.1 Å². The van der Waals surface area contributed by atoms with Crippen molar-refractivity contribution in [2.45, 2.75) is 13.5 Å². The number of halogens is 2. The smallest absolute Gasteiger partial charge is 0.293 e. The molecule has 3 aromatic carbocycles. The van der Waals surface area contributed by atoms with Crippen LogP contribution in [-0.4, -0.2) is 35.7 Å². The number of hydrogen-bond acceptors (Lipinski definition) is 6. The highest BCUT2D eigenvalue weighted by molar-refractivity contribution is 14.1. The molecule has 37 heavy (non-hydrogen) atoms. The van der Waals surface area contributed by atoms with Gasteiger partial charge in [0, 0.05) is 10.7 Å². The lowest BCUT2D eigenvalue weighted by Gasteiger charge is -2.14. The van der Waals surface area contributed by atoms with Gasteiger partial charge in [-0.25, -0.2) is 0 Å². The van der Waals surface area contributed by atoms with Gasteiger partial charge in [0.2, 0.25) is 0 Å². The molecule has 0 radical (unpaired) electrons. The first kappa shape index (κ1) is 27.0. The Hall–Kier alpha value is -3.02. The minimum atomic E-state index is -0.368. The van der Waals surface area contributed by atoms with Gasteiger partial charge >= 0.3 is 0 Å². The number of nitrogens with zero attached hydrogens (tertiary/aromatic N) is 1. The van der Waals surface area contributed by atoms with Crippen molar-refractivity contribution in [2.75, 3.05) is 19.0 Å². The maximum absolute atomic E-state index is 12.9. The quantitative estimate of drug-likeness (QED) is 0.221. The molecule has 0 spiro atoms. The Bertz CT molecular complexity index is 1390. The summed E-state index contributed by atoms with van der Waals surface area (Å²) in [5.74, 6) is 0.145. The minimum absolute atomic E-state index is 0.164. The van der Waals surface area contributed by atoms with E-state index in [1.165, 1.54) is 12.0 Å². The number of methoxy groups -OCH3 is 1. The number of aryl methyl sites for hydroxylation is 1. The van der Waals surface area contributed by atoms with E-state index in [0.29, 0.717) is 36.2 Å². The topological polar surface area (TPSA) is 84.9 Å². The summed E-state index contributed by atoms with van der Waals surface area (Å²) in [5, 5.41) is 3.05. The zero-order valence-electron chi connectivity index (χ0n) is 19.9. The Morgan fingerprint density at radius 3 is 2.59 bits per heavy atom. The second kappa shape index (κ2) is 12.0. The first-order valence-corrected chi connectivity index (χ1v) is 13.4. The molecule has 1 aliphatic heterocycles. The Balaban J connectivity index is 1.46. The van der Waals surface area contributed by atoms with Crippen LogP contribution in [0.3, 0.4) is 0 Å². The van der Waals surface area contributed by atoms with Crippen molar-refractivity contribution in [3.8, 4) is 11.5 Å². The summed E-state index contributed by atoms with van der Waals surface area (Å²) in [6.07, 6.45) is 1.64. The van der Waals surface area contributed by atoms with Crippen LogP contribution in [0.15, 0.2) is 65.6 Å². The normalized spacial score (nSPS) is 14.3. The van der Waals surface area contributed by atoms with E-state index in [1.807, 2.05) is 25.1 Å². The zero-order chi connectivity index (χ0) is 26.5. The molecule has 190 valence electrons. The highest BCUT2D eigenvalue weighted by Gasteiger charge is 2.35. The fraction of sp³-hybridized carbons (Fsp3) is 0.148. The fourth-order valence-corrected chi connectivity index (χ4v) is 5.33. The first-order valence-electron chi connectivity index (χ1n) is 11.1. The molecule has 0 bridgehead atoms. The zero-order valence-corrected chi connectivity index (χ0v) is 23.6. The molecule has 0 unspecified atom stereocenters. The first-order chi connectivity index (χ1) is 17.7. The number of imide groups is 1. The predicted molar refractivity (Wildman–Crippen MR) is 154 cm³/mol. The molecule has 1 fully saturated rings. The van der Waals surface area contributed by atoms with Gasteiger partial charge in [-0.2, -0.15) is 0 Å².